The van der Waals surface area contributed by atoms with Crippen LogP contribution in [0.5, 0.6) is 0 Å². The molecule has 0 aliphatic heterocycles. The van der Waals surface area contributed by atoms with Gasteiger partial charge in [-0.2, -0.15) is 5.10 Å². The number of nitrogens with one attached hydrogen (secondary N) is 1. The molecular formula is C12H20N2O2. The van der Waals surface area contributed by atoms with Crippen molar-refractivity contribution in [1.82, 2.24) is 5.43 Å². The first-order valence-electron chi connectivity index (χ1n) is 6.17. The summed E-state index contributed by atoms with van der Waals surface area (Å²) < 4.78 is 4.76. The number of hydrogen-bond acceptors (Lipinski definition) is 3. The van der Waals surface area contributed by atoms with Crippen molar-refractivity contribution in [2.45, 2.75) is 39.5 Å². The molecule has 2 aliphatic carbocycles. The molecule has 0 heterocycles. The molecule has 1 amide bonds. The number of amides is 1. The first-order valence-corrected chi connectivity index (χ1v) is 6.17. The van der Waals surface area contributed by atoms with E-state index in [1.165, 1.54) is 25.7 Å². The third-order valence-electron chi connectivity index (χ3n) is 3.87. The van der Waals surface area contributed by atoms with Crippen LogP contribution in [0.1, 0.15) is 39.5 Å². The summed E-state index contributed by atoms with van der Waals surface area (Å²) in [5.41, 5.74) is 3.50. The SMILES string of the molecule is CCOC(=O)N/N=C(\C)C1CC2CCC1C2. The van der Waals surface area contributed by atoms with Gasteiger partial charge in [-0.3, -0.25) is 0 Å². The van der Waals surface area contributed by atoms with E-state index in [1.54, 1.807) is 6.92 Å². The number of hydrazone groups is 1. The number of rotatable bonds is 3. The van der Waals surface area contributed by atoms with E-state index in [4.69, 9.17) is 4.74 Å². The number of fused-ring (bicyclic) bond motifs is 2. The summed E-state index contributed by atoms with van der Waals surface area (Å²) in [4.78, 5) is 11.1. The molecule has 0 aromatic rings. The Labute approximate surface area is 96.4 Å². The van der Waals surface area contributed by atoms with E-state index in [0.29, 0.717) is 12.5 Å². The first kappa shape index (κ1) is 11.4. The van der Waals surface area contributed by atoms with E-state index in [9.17, 15) is 4.79 Å². The highest BCUT2D eigenvalue weighted by Crippen LogP contribution is 2.48. The molecule has 2 rings (SSSR count). The van der Waals surface area contributed by atoms with Gasteiger partial charge >= 0.3 is 6.09 Å². The zero-order valence-electron chi connectivity index (χ0n) is 10.0. The van der Waals surface area contributed by atoms with E-state index < -0.39 is 6.09 Å². The third-order valence-corrected chi connectivity index (χ3v) is 3.87. The van der Waals surface area contributed by atoms with E-state index in [0.717, 1.165) is 17.5 Å². The van der Waals surface area contributed by atoms with Crippen molar-refractivity contribution in [2.24, 2.45) is 22.9 Å². The largest absolute Gasteiger partial charge is 0.449 e. The average Bonchev–Trinajstić information content (AvgIpc) is 2.88. The fourth-order valence-corrected chi connectivity index (χ4v) is 3.14. The number of ether oxygens (including phenoxy) is 1. The lowest BCUT2D eigenvalue weighted by atomic mass is 9.86. The fourth-order valence-electron chi connectivity index (χ4n) is 3.14. The quantitative estimate of drug-likeness (QED) is 0.591. The molecule has 4 nitrogen and oxygen atoms in total. The Hall–Kier alpha value is -1.06. The average molecular weight is 224 g/mol. The number of carbonyl (C=O) groups excluding carboxylic acids is 1. The van der Waals surface area contributed by atoms with Gasteiger partial charge in [0, 0.05) is 11.6 Å². The molecule has 0 spiro atoms. The molecule has 16 heavy (non-hydrogen) atoms. The Morgan fingerprint density at radius 2 is 2.25 bits per heavy atom. The van der Waals surface area contributed by atoms with Crippen LogP contribution in [-0.4, -0.2) is 18.4 Å². The summed E-state index contributed by atoms with van der Waals surface area (Å²) in [7, 11) is 0. The van der Waals surface area contributed by atoms with Crippen molar-refractivity contribution in [2.75, 3.05) is 6.61 Å². The first-order chi connectivity index (χ1) is 7.70. The lowest BCUT2D eigenvalue weighted by molar-refractivity contribution is 0.152. The number of nitrogens with zero attached hydrogens (tertiary/aromatic N) is 1. The van der Waals surface area contributed by atoms with Crippen molar-refractivity contribution < 1.29 is 9.53 Å². The highest BCUT2D eigenvalue weighted by molar-refractivity contribution is 5.86. The molecule has 4 heteroatoms. The Bertz CT molecular complexity index is 301. The normalized spacial score (nSPS) is 32.9. The van der Waals surface area contributed by atoms with Gasteiger partial charge in [-0.05, 0) is 44.9 Å². The van der Waals surface area contributed by atoms with Gasteiger partial charge in [-0.15, -0.1) is 0 Å². The van der Waals surface area contributed by atoms with Crippen LogP contribution in [0.4, 0.5) is 4.79 Å². The minimum absolute atomic E-state index is 0.383. The second kappa shape index (κ2) is 4.85. The molecule has 2 saturated carbocycles. The third kappa shape index (κ3) is 2.36. The van der Waals surface area contributed by atoms with Crippen LogP contribution in [0.2, 0.25) is 0 Å². The molecular weight excluding hydrogens is 204 g/mol. The molecule has 2 aliphatic rings. The van der Waals surface area contributed by atoms with Crippen LogP contribution in [0.25, 0.3) is 0 Å². The van der Waals surface area contributed by atoms with Gasteiger partial charge in [-0.1, -0.05) is 6.42 Å². The van der Waals surface area contributed by atoms with Crippen molar-refractivity contribution in [3.63, 3.8) is 0 Å². The molecule has 0 radical (unpaired) electrons. The molecule has 90 valence electrons. The van der Waals surface area contributed by atoms with Gasteiger partial charge in [0.25, 0.3) is 0 Å². The zero-order chi connectivity index (χ0) is 11.5. The minimum Gasteiger partial charge on any atom is -0.449 e. The predicted octanol–water partition coefficient (Wildman–Crippen LogP) is 2.54. The van der Waals surface area contributed by atoms with Gasteiger partial charge in [0.2, 0.25) is 0 Å². The van der Waals surface area contributed by atoms with Gasteiger partial charge in [-0.25, -0.2) is 10.2 Å². The molecule has 3 unspecified atom stereocenters. The van der Waals surface area contributed by atoms with Crippen molar-refractivity contribution >= 4 is 11.8 Å². The van der Waals surface area contributed by atoms with E-state index >= 15 is 0 Å². The maximum absolute atomic E-state index is 11.1. The summed E-state index contributed by atoms with van der Waals surface area (Å²) in [6, 6.07) is 0. The van der Waals surface area contributed by atoms with E-state index in [2.05, 4.69) is 10.5 Å². The summed E-state index contributed by atoms with van der Waals surface area (Å²) >= 11 is 0. The molecule has 0 aromatic heterocycles. The van der Waals surface area contributed by atoms with Crippen LogP contribution < -0.4 is 5.43 Å². The van der Waals surface area contributed by atoms with Gasteiger partial charge < -0.3 is 4.74 Å². The van der Waals surface area contributed by atoms with E-state index in [1.807, 2.05) is 6.92 Å². The maximum Gasteiger partial charge on any atom is 0.427 e. The van der Waals surface area contributed by atoms with Gasteiger partial charge in [0.15, 0.2) is 0 Å². The highest BCUT2D eigenvalue weighted by atomic mass is 16.5. The molecule has 2 fully saturated rings. The van der Waals surface area contributed by atoms with Crippen molar-refractivity contribution in [3.8, 4) is 0 Å². The standard InChI is InChI=1S/C12H20N2O2/c1-3-16-12(15)14-13-8(2)11-7-9-4-5-10(11)6-9/h9-11H,3-7H2,1-2H3,(H,14,15)/b13-8+. The van der Waals surface area contributed by atoms with Crippen LogP contribution in [0.3, 0.4) is 0 Å². The minimum atomic E-state index is -0.454. The van der Waals surface area contributed by atoms with Gasteiger partial charge in [0.05, 0.1) is 6.61 Å². The molecule has 0 aromatic carbocycles. The van der Waals surface area contributed by atoms with E-state index in [-0.39, 0.29) is 0 Å². The Morgan fingerprint density at radius 3 is 2.81 bits per heavy atom. The topological polar surface area (TPSA) is 50.7 Å². The number of hydrogen-bond donors (Lipinski definition) is 1. The van der Waals surface area contributed by atoms with Crippen LogP contribution in [0, 0.1) is 17.8 Å². The van der Waals surface area contributed by atoms with Gasteiger partial charge in [0.1, 0.15) is 0 Å². The van der Waals surface area contributed by atoms with Crippen LogP contribution in [0.15, 0.2) is 5.10 Å². The van der Waals surface area contributed by atoms with Crippen molar-refractivity contribution in [3.05, 3.63) is 0 Å². The number of carbonyl (C=O) groups is 1. The summed E-state index contributed by atoms with van der Waals surface area (Å²) in [6.07, 6.45) is 4.88. The summed E-state index contributed by atoms with van der Waals surface area (Å²) in [5, 5.41) is 4.14. The van der Waals surface area contributed by atoms with Crippen molar-refractivity contribution in [1.29, 1.82) is 0 Å². The van der Waals surface area contributed by atoms with Crippen LogP contribution in [-0.2, 0) is 4.74 Å². The maximum atomic E-state index is 11.1. The Balaban J connectivity index is 1.85. The molecule has 1 N–H and O–H groups in total. The molecule has 3 atom stereocenters. The Kier molecular flexibility index (Phi) is 3.46. The zero-order valence-corrected chi connectivity index (χ0v) is 10.0. The second-order valence-electron chi connectivity index (χ2n) is 4.87. The fraction of sp³-hybridized carbons (Fsp3) is 0.833. The summed E-state index contributed by atoms with van der Waals surface area (Å²) in [5.74, 6) is 2.29. The second-order valence-corrected chi connectivity index (χ2v) is 4.87. The highest BCUT2D eigenvalue weighted by Gasteiger charge is 2.40. The predicted molar refractivity (Wildman–Crippen MR) is 62.2 cm³/mol. The monoisotopic (exact) mass is 224 g/mol. The summed E-state index contributed by atoms with van der Waals surface area (Å²) in [6.45, 7) is 4.18. The van der Waals surface area contributed by atoms with Crippen LogP contribution >= 0.6 is 0 Å². The lowest BCUT2D eigenvalue weighted by Gasteiger charge is -2.21. The Morgan fingerprint density at radius 1 is 1.44 bits per heavy atom. The molecule has 0 saturated heterocycles. The smallest absolute Gasteiger partial charge is 0.427 e. The molecule has 2 bridgehead atoms. The lowest BCUT2D eigenvalue weighted by Crippen LogP contribution is -2.25.